The highest BCUT2D eigenvalue weighted by molar-refractivity contribution is 7.89. The number of nitrogens with one attached hydrogen (secondary N) is 1. The zero-order chi connectivity index (χ0) is 20.1. The van der Waals surface area contributed by atoms with Gasteiger partial charge in [-0.15, -0.1) is 0 Å². The average Bonchev–Trinajstić information content (AvgIpc) is 2.98. The summed E-state index contributed by atoms with van der Waals surface area (Å²) >= 11 is 7.22. The van der Waals surface area contributed by atoms with Crippen LogP contribution in [0.15, 0.2) is 52.2 Å². The molecule has 0 unspecified atom stereocenters. The molecule has 3 rings (SSSR count). The number of hydrogen-bond acceptors (Lipinski definition) is 5. The average molecular weight is 441 g/mol. The highest BCUT2D eigenvalue weighted by Gasteiger charge is 2.17. The number of nitrogens with zero attached hydrogens (tertiary/aromatic N) is 1. The number of fused-ring (bicyclic) bond motifs is 1. The van der Waals surface area contributed by atoms with Gasteiger partial charge in [-0.1, -0.05) is 41.1 Å². The summed E-state index contributed by atoms with van der Waals surface area (Å²) in [4.78, 5) is 12.4. The summed E-state index contributed by atoms with van der Waals surface area (Å²) in [5, 5.41) is 0.587. The van der Waals surface area contributed by atoms with Crippen molar-refractivity contribution < 1.29 is 13.2 Å². The number of aromatic nitrogens is 1. The monoisotopic (exact) mass is 440 g/mol. The lowest BCUT2D eigenvalue weighted by atomic mass is 10.2. The fourth-order valence-electron chi connectivity index (χ4n) is 2.77. The van der Waals surface area contributed by atoms with Crippen molar-refractivity contribution in [3.05, 3.63) is 62.7 Å². The third-order valence-corrected chi connectivity index (χ3v) is 6.97. The van der Waals surface area contributed by atoms with E-state index < -0.39 is 10.0 Å². The Hall–Kier alpha value is -1.71. The molecule has 9 heteroatoms. The number of sulfonamides is 1. The Bertz CT molecular complexity index is 1120. The molecule has 0 aliphatic rings. The van der Waals surface area contributed by atoms with Crippen LogP contribution in [0.4, 0.5) is 0 Å². The van der Waals surface area contributed by atoms with Gasteiger partial charge in [0.15, 0.2) is 0 Å². The van der Waals surface area contributed by atoms with E-state index in [4.69, 9.17) is 16.3 Å². The van der Waals surface area contributed by atoms with E-state index in [9.17, 15) is 13.2 Å². The molecule has 0 bridgehead atoms. The lowest BCUT2D eigenvalue weighted by Crippen LogP contribution is -2.25. The van der Waals surface area contributed by atoms with Crippen LogP contribution >= 0.6 is 22.9 Å². The van der Waals surface area contributed by atoms with E-state index >= 15 is 0 Å². The minimum Gasteiger partial charge on any atom is -0.382 e. The van der Waals surface area contributed by atoms with E-state index in [1.807, 2.05) is 25.1 Å². The maximum Gasteiger partial charge on any atom is 0.308 e. The van der Waals surface area contributed by atoms with Crippen LogP contribution in [0.2, 0.25) is 5.02 Å². The summed E-state index contributed by atoms with van der Waals surface area (Å²) in [7, 11) is -3.64. The number of halogens is 1. The highest BCUT2D eigenvalue weighted by Crippen LogP contribution is 2.24. The van der Waals surface area contributed by atoms with Crippen LogP contribution < -0.4 is 9.60 Å². The minimum atomic E-state index is -3.64. The summed E-state index contributed by atoms with van der Waals surface area (Å²) in [5.41, 5.74) is 1.52. The highest BCUT2D eigenvalue weighted by atomic mass is 35.5. The summed E-state index contributed by atoms with van der Waals surface area (Å²) in [6.45, 7) is 3.63. The molecule has 0 spiro atoms. The molecule has 0 fully saturated rings. The van der Waals surface area contributed by atoms with E-state index in [1.165, 1.54) is 12.1 Å². The quantitative estimate of drug-likeness (QED) is 0.517. The van der Waals surface area contributed by atoms with E-state index in [2.05, 4.69) is 4.72 Å². The molecule has 0 aliphatic heterocycles. The number of rotatable bonds is 9. The number of thiazole rings is 1. The largest absolute Gasteiger partial charge is 0.382 e. The van der Waals surface area contributed by atoms with Crippen LogP contribution in [-0.2, 0) is 21.3 Å². The van der Waals surface area contributed by atoms with Gasteiger partial charge in [0.25, 0.3) is 0 Å². The number of ether oxygens (including phenoxy) is 1. The van der Waals surface area contributed by atoms with Crippen LogP contribution in [0.25, 0.3) is 10.2 Å². The Labute approximate surface area is 172 Å². The molecule has 1 N–H and O–H groups in total. The van der Waals surface area contributed by atoms with Crippen molar-refractivity contribution in [3.63, 3.8) is 0 Å². The van der Waals surface area contributed by atoms with Gasteiger partial charge < -0.3 is 4.74 Å². The van der Waals surface area contributed by atoms with Gasteiger partial charge in [0, 0.05) is 24.8 Å². The summed E-state index contributed by atoms with van der Waals surface area (Å²) in [6.07, 6.45) is 0.594. The van der Waals surface area contributed by atoms with Gasteiger partial charge in [-0.2, -0.15) is 0 Å². The van der Waals surface area contributed by atoms with Crippen molar-refractivity contribution in [3.8, 4) is 0 Å². The molecule has 28 heavy (non-hydrogen) atoms. The van der Waals surface area contributed by atoms with Crippen LogP contribution in [0.3, 0.4) is 0 Å². The first-order chi connectivity index (χ1) is 13.4. The first kappa shape index (κ1) is 21.0. The van der Waals surface area contributed by atoms with Gasteiger partial charge in [-0.05, 0) is 43.2 Å². The normalized spacial score (nSPS) is 11.9. The lowest BCUT2D eigenvalue weighted by molar-refractivity contribution is 0.146. The van der Waals surface area contributed by atoms with Crippen LogP contribution in [0.1, 0.15) is 18.9 Å². The summed E-state index contributed by atoms with van der Waals surface area (Å²) in [6, 6.07) is 12.1. The molecule has 2 aromatic carbocycles. The van der Waals surface area contributed by atoms with Crippen molar-refractivity contribution >= 4 is 43.2 Å². The topological polar surface area (TPSA) is 77.4 Å². The van der Waals surface area contributed by atoms with Crippen molar-refractivity contribution in [1.82, 2.24) is 9.29 Å². The van der Waals surface area contributed by atoms with E-state index in [-0.39, 0.29) is 9.77 Å². The molecule has 1 aromatic heterocycles. The molecular weight excluding hydrogens is 420 g/mol. The molecule has 0 aliphatic carbocycles. The zero-order valence-corrected chi connectivity index (χ0v) is 17.7. The van der Waals surface area contributed by atoms with E-state index in [0.29, 0.717) is 48.0 Å². The fourth-order valence-corrected chi connectivity index (χ4v) is 5.07. The molecule has 0 atom stereocenters. The van der Waals surface area contributed by atoms with Crippen molar-refractivity contribution in [2.24, 2.45) is 0 Å². The predicted octanol–water partition coefficient (Wildman–Crippen LogP) is 3.47. The lowest BCUT2D eigenvalue weighted by Gasteiger charge is -2.08. The molecular formula is C19H21ClN2O4S2. The number of benzene rings is 2. The Morgan fingerprint density at radius 1 is 1.21 bits per heavy atom. The third kappa shape index (κ3) is 4.82. The van der Waals surface area contributed by atoms with Crippen molar-refractivity contribution in [1.29, 1.82) is 0 Å². The van der Waals surface area contributed by atoms with Crippen molar-refractivity contribution in [2.45, 2.75) is 24.8 Å². The molecule has 1 heterocycles. The SMILES string of the molecule is CCOCCCNS(=O)(=O)c1ccc2c(c1)sc(=O)n2Cc1ccccc1Cl. The Kier molecular flexibility index (Phi) is 6.90. The number of hydrogen-bond donors (Lipinski definition) is 1. The van der Waals surface area contributed by atoms with Gasteiger partial charge in [-0.25, -0.2) is 13.1 Å². The first-order valence-electron chi connectivity index (χ1n) is 8.86. The van der Waals surface area contributed by atoms with Gasteiger partial charge in [-0.3, -0.25) is 9.36 Å². The van der Waals surface area contributed by atoms with E-state index in [1.54, 1.807) is 16.7 Å². The fraction of sp³-hybridized carbons (Fsp3) is 0.316. The molecule has 0 saturated carbocycles. The summed E-state index contributed by atoms with van der Waals surface area (Å²) in [5.74, 6) is 0. The Morgan fingerprint density at radius 3 is 2.75 bits per heavy atom. The van der Waals surface area contributed by atoms with Crippen molar-refractivity contribution in [2.75, 3.05) is 19.8 Å². The van der Waals surface area contributed by atoms with E-state index in [0.717, 1.165) is 16.9 Å². The Balaban J connectivity index is 1.83. The van der Waals surface area contributed by atoms with Crippen LogP contribution in [-0.4, -0.2) is 32.7 Å². The van der Waals surface area contributed by atoms with Crippen LogP contribution in [0.5, 0.6) is 0 Å². The zero-order valence-electron chi connectivity index (χ0n) is 15.4. The second-order valence-corrected chi connectivity index (χ2v) is 9.29. The minimum absolute atomic E-state index is 0.141. The third-order valence-electron chi connectivity index (χ3n) is 4.20. The van der Waals surface area contributed by atoms with Gasteiger partial charge in [0.1, 0.15) is 0 Å². The molecule has 6 nitrogen and oxygen atoms in total. The maximum atomic E-state index is 12.5. The Morgan fingerprint density at radius 2 is 2.00 bits per heavy atom. The van der Waals surface area contributed by atoms with Crippen LogP contribution in [0, 0.1) is 0 Å². The predicted molar refractivity (Wildman–Crippen MR) is 113 cm³/mol. The van der Waals surface area contributed by atoms with Gasteiger partial charge in [0.2, 0.25) is 10.0 Å². The molecule has 150 valence electrons. The second-order valence-electron chi connectivity index (χ2n) is 6.12. The van der Waals surface area contributed by atoms with Gasteiger partial charge >= 0.3 is 4.87 Å². The molecule has 3 aromatic rings. The second kappa shape index (κ2) is 9.19. The first-order valence-corrected chi connectivity index (χ1v) is 11.5. The molecule has 0 radical (unpaired) electrons. The molecule has 0 saturated heterocycles. The van der Waals surface area contributed by atoms with Gasteiger partial charge in [0.05, 0.1) is 21.7 Å². The smallest absolute Gasteiger partial charge is 0.308 e. The summed E-state index contributed by atoms with van der Waals surface area (Å²) < 4.78 is 35.0. The molecule has 0 amide bonds. The standard InChI is InChI=1S/C19H21ClN2O4S2/c1-2-26-11-5-10-21-28(24,25)15-8-9-17-18(12-15)27-19(23)22(17)13-14-6-3-4-7-16(14)20/h3-4,6-9,12,21H,2,5,10-11,13H2,1H3. The maximum absolute atomic E-state index is 12.5.